The number of para-hydroxylation sites is 1. The van der Waals surface area contributed by atoms with Crippen molar-refractivity contribution in [1.82, 2.24) is 5.32 Å². The van der Waals surface area contributed by atoms with Gasteiger partial charge in [0.15, 0.2) is 0 Å². The van der Waals surface area contributed by atoms with Crippen molar-refractivity contribution in [2.75, 3.05) is 11.4 Å². The minimum Gasteiger partial charge on any atom is -0.351 e. The Hall–Kier alpha value is -1.84. The summed E-state index contributed by atoms with van der Waals surface area (Å²) in [5, 5.41) is 2.77. The lowest BCUT2D eigenvalue weighted by atomic mass is 10.2. The summed E-state index contributed by atoms with van der Waals surface area (Å²) in [6.45, 7) is 2.03. The van der Waals surface area contributed by atoms with Gasteiger partial charge in [-0.3, -0.25) is 9.59 Å². The molecule has 2 amide bonds. The molecule has 1 saturated heterocycles. The van der Waals surface area contributed by atoms with Crippen molar-refractivity contribution in [3.8, 4) is 0 Å². The predicted octanol–water partition coefficient (Wildman–Crippen LogP) is 0.928. The first-order valence-electron chi connectivity index (χ1n) is 5.29. The quantitative estimate of drug-likeness (QED) is 0.802. The average Bonchev–Trinajstić information content (AvgIpc) is 2.60. The molecule has 1 heterocycles. The second-order valence-electron chi connectivity index (χ2n) is 3.94. The minimum absolute atomic E-state index is 0.0601. The SMILES string of the molecule is CC(=O)N[C@H]1CC(=O)N(c2ccccc2)C1. The van der Waals surface area contributed by atoms with Gasteiger partial charge in [-0.05, 0) is 12.1 Å². The monoisotopic (exact) mass is 218 g/mol. The summed E-state index contributed by atoms with van der Waals surface area (Å²) in [7, 11) is 0. The molecule has 1 fully saturated rings. The van der Waals surface area contributed by atoms with Crippen molar-refractivity contribution in [2.24, 2.45) is 0 Å². The Morgan fingerprint density at radius 3 is 2.69 bits per heavy atom. The molecule has 1 aliphatic rings. The summed E-state index contributed by atoms with van der Waals surface area (Å²) in [6, 6.07) is 9.44. The third kappa shape index (κ3) is 2.21. The summed E-state index contributed by atoms with van der Waals surface area (Å²) in [6.07, 6.45) is 0.383. The van der Waals surface area contributed by atoms with Crippen molar-refractivity contribution < 1.29 is 9.59 Å². The lowest BCUT2D eigenvalue weighted by Crippen LogP contribution is -2.35. The molecule has 0 unspecified atom stereocenters. The topological polar surface area (TPSA) is 49.4 Å². The molecule has 1 aromatic carbocycles. The van der Waals surface area contributed by atoms with E-state index in [-0.39, 0.29) is 17.9 Å². The number of carbonyl (C=O) groups excluding carboxylic acids is 2. The molecule has 1 N–H and O–H groups in total. The van der Waals surface area contributed by atoms with Gasteiger partial charge in [0.05, 0.1) is 6.04 Å². The highest BCUT2D eigenvalue weighted by Gasteiger charge is 2.30. The Balaban J connectivity index is 2.08. The molecule has 0 aliphatic carbocycles. The fraction of sp³-hybridized carbons (Fsp3) is 0.333. The lowest BCUT2D eigenvalue weighted by Gasteiger charge is -2.16. The minimum atomic E-state index is -0.0901. The van der Waals surface area contributed by atoms with Crippen LogP contribution in [0.4, 0.5) is 5.69 Å². The van der Waals surface area contributed by atoms with Gasteiger partial charge in [0.25, 0.3) is 0 Å². The molecule has 1 aliphatic heterocycles. The highest BCUT2D eigenvalue weighted by Crippen LogP contribution is 2.20. The molecule has 0 bridgehead atoms. The van der Waals surface area contributed by atoms with Crippen LogP contribution >= 0.6 is 0 Å². The first-order chi connectivity index (χ1) is 7.66. The number of hydrogen-bond donors (Lipinski definition) is 1. The molecule has 1 atom stereocenters. The summed E-state index contributed by atoms with van der Waals surface area (Å²) in [4.78, 5) is 24.4. The van der Waals surface area contributed by atoms with Gasteiger partial charge >= 0.3 is 0 Å². The van der Waals surface area contributed by atoms with Gasteiger partial charge in [-0.15, -0.1) is 0 Å². The van der Waals surface area contributed by atoms with Gasteiger partial charge < -0.3 is 10.2 Å². The number of hydrogen-bond acceptors (Lipinski definition) is 2. The summed E-state index contributed by atoms with van der Waals surface area (Å²) >= 11 is 0. The highest BCUT2D eigenvalue weighted by molar-refractivity contribution is 5.96. The van der Waals surface area contributed by atoms with Crippen LogP contribution in [-0.2, 0) is 9.59 Å². The lowest BCUT2D eigenvalue weighted by molar-refractivity contribution is -0.119. The van der Waals surface area contributed by atoms with Crippen molar-refractivity contribution >= 4 is 17.5 Å². The second-order valence-corrected chi connectivity index (χ2v) is 3.94. The van der Waals surface area contributed by atoms with E-state index in [0.717, 1.165) is 5.69 Å². The van der Waals surface area contributed by atoms with Crippen LogP contribution in [0.15, 0.2) is 30.3 Å². The number of anilines is 1. The number of benzene rings is 1. The number of nitrogens with zero attached hydrogens (tertiary/aromatic N) is 1. The van der Waals surface area contributed by atoms with E-state index in [1.165, 1.54) is 6.92 Å². The normalized spacial score (nSPS) is 19.9. The Bertz CT molecular complexity index is 403. The maximum atomic E-state index is 11.7. The molecular weight excluding hydrogens is 204 g/mol. The Labute approximate surface area is 94.2 Å². The van der Waals surface area contributed by atoms with E-state index in [1.807, 2.05) is 30.3 Å². The van der Waals surface area contributed by atoms with Crippen LogP contribution in [0.5, 0.6) is 0 Å². The van der Waals surface area contributed by atoms with Gasteiger partial charge in [0.1, 0.15) is 0 Å². The van der Waals surface area contributed by atoms with E-state index in [4.69, 9.17) is 0 Å². The smallest absolute Gasteiger partial charge is 0.229 e. The number of rotatable bonds is 2. The summed E-state index contributed by atoms with van der Waals surface area (Å²) in [5.41, 5.74) is 0.889. The van der Waals surface area contributed by atoms with E-state index in [1.54, 1.807) is 4.90 Å². The second kappa shape index (κ2) is 4.35. The molecule has 0 saturated carbocycles. The Morgan fingerprint density at radius 1 is 1.38 bits per heavy atom. The van der Waals surface area contributed by atoms with Crippen molar-refractivity contribution in [3.05, 3.63) is 30.3 Å². The molecule has 1 aromatic rings. The van der Waals surface area contributed by atoms with E-state index in [2.05, 4.69) is 5.32 Å². The average molecular weight is 218 g/mol. The zero-order chi connectivity index (χ0) is 11.5. The number of amides is 2. The molecule has 16 heavy (non-hydrogen) atoms. The van der Waals surface area contributed by atoms with Gasteiger partial charge in [-0.2, -0.15) is 0 Å². The fourth-order valence-electron chi connectivity index (χ4n) is 1.95. The number of nitrogens with one attached hydrogen (secondary N) is 1. The van der Waals surface area contributed by atoms with E-state index < -0.39 is 0 Å². The van der Waals surface area contributed by atoms with E-state index in [0.29, 0.717) is 13.0 Å². The van der Waals surface area contributed by atoms with Gasteiger partial charge in [-0.25, -0.2) is 0 Å². The zero-order valence-corrected chi connectivity index (χ0v) is 9.14. The highest BCUT2D eigenvalue weighted by atomic mass is 16.2. The third-order valence-corrected chi connectivity index (χ3v) is 2.60. The van der Waals surface area contributed by atoms with Crippen LogP contribution in [0.1, 0.15) is 13.3 Å². The maximum Gasteiger partial charge on any atom is 0.229 e. The fourth-order valence-corrected chi connectivity index (χ4v) is 1.95. The van der Waals surface area contributed by atoms with Gasteiger partial charge in [-0.1, -0.05) is 18.2 Å². The van der Waals surface area contributed by atoms with Crippen LogP contribution in [0, 0.1) is 0 Å². The molecule has 4 nitrogen and oxygen atoms in total. The van der Waals surface area contributed by atoms with Crippen LogP contribution in [0.3, 0.4) is 0 Å². The first kappa shape index (κ1) is 10.7. The third-order valence-electron chi connectivity index (χ3n) is 2.60. The molecule has 2 rings (SSSR count). The van der Waals surface area contributed by atoms with E-state index >= 15 is 0 Å². The molecule has 0 spiro atoms. The standard InChI is InChI=1S/C12H14N2O2/c1-9(15)13-10-7-12(16)14(8-10)11-5-3-2-4-6-11/h2-6,10H,7-8H2,1H3,(H,13,15)/t10-/m0/s1. The number of carbonyl (C=O) groups is 2. The summed E-state index contributed by atoms with van der Waals surface area (Å²) < 4.78 is 0. The van der Waals surface area contributed by atoms with Crippen LogP contribution < -0.4 is 10.2 Å². The van der Waals surface area contributed by atoms with Crippen molar-refractivity contribution in [2.45, 2.75) is 19.4 Å². The molecule has 0 aromatic heterocycles. The molecule has 84 valence electrons. The molecule has 0 radical (unpaired) electrons. The predicted molar refractivity (Wildman–Crippen MR) is 61.0 cm³/mol. The van der Waals surface area contributed by atoms with Gasteiger partial charge in [0.2, 0.25) is 11.8 Å². The maximum absolute atomic E-state index is 11.7. The van der Waals surface area contributed by atoms with Crippen molar-refractivity contribution in [1.29, 1.82) is 0 Å². The van der Waals surface area contributed by atoms with Gasteiger partial charge in [0, 0.05) is 25.6 Å². The van der Waals surface area contributed by atoms with Crippen LogP contribution in [-0.4, -0.2) is 24.4 Å². The molecule has 4 heteroatoms. The Morgan fingerprint density at radius 2 is 2.06 bits per heavy atom. The first-order valence-corrected chi connectivity index (χ1v) is 5.29. The van der Waals surface area contributed by atoms with Crippen LogP contribution in [0.25, 0.3) is 0 Å². The van der Waals surface area contributed by atoms with Crippen molar-refractivity contribution in [3.63, 3.8) is 0 Å². The van der Waals surface area contributed by atoms with Crippen LogP contribution in [0.2, 0.25) is 0 Å². The Kier molecular flexibility index (Phi) is 2.90. The molecular formula is C12H14N2O2. The zero-order valence-electron chi connectivity index (χ0n) is 9.14. The van der Waals surface area contributed by atoms with E-state index in [9.17, 15) is 9.59 Å². The largest absolute Gasteiger partial charge is 0.351 e. The summed E-state index contributed by atoms with van der Waals surface area (Å²) in [5.74, 6) is -0.0299.